The van der Waals surface area contributed by atoms with Gasteiger partial charge < -0.3 is 20.7 Å². The Hall–Kier alpha value is -1.79. The van der Waals surface area contributed by atoms with E-state index in [-0.39, 0.29) is 17.7 Å². The van der Waals surface area contributed by atoms with Crippen LogP contribution < -0.4 is 15.8 Å². The molecule has 0 spiro atoms. The van der Waals surface area contributed by atoms with Gasteiger partial charge >= 0.3 is 0 Å². The van der Waals surface area contributed by atoms with E-state index < -0.39 is 0 Å². The fourth-order valence-electron chi connectivity index (χ4n) is 2.73. The van der Waals surface area contributed by atoms with Crippen molar-refractivity contribution in [1.29, 1.82) is 0 Å². The zero-order chi connectivity index (χ0) is 16.8. The Kier molecular flexibility index (Phi) is 6.24. The molecule has 0 aromatic heterocycles. The maximum atomic E-state index is 12.7. The summed E-state index contributed by atoms with van der Waals surface area (Å²) in [5, 5.41) is 3.30. The van der Waals surface area contributed by atoms with Gasteiger partial charge in [-0.25, -0.2) is 0 Å². The summed E-state index contributed by atoms with van der Waals surface area (Å²) in [6.45, 7) is 1.89. The lowest BCUT2D eigenvalue weighted by atomic mass is 9.96. The van der Waals surface area contributed by atoms with E-state index in [0.717, 1.165) is 12.8 Å². The Morgan fingerprint density at radius 1 is 1.48 bits per heavy atom. The molecule has 6 nitrogen and oxygen atoms in total. The summed E-state index contributed by atoms with van der Waals surface area (Å²) in [7, 11) is 1.50. The number of nitrogens with two attached hydrogens (primary N) is 1. The number of ether oxygens (including phenoxy) is 1. The molecule has 7 heteroatoms. The first-order valence-electron chi connectivity index (χ1n) is 7.67. The first-order chi connectivity index (χ1) is 11.1. The molecule has 2 amide bonds. The first kappa shape index (κ1) is 17.6. The monoisotopic (exact) mass is 339 g/mol. The van der Waals surface area contributed by atoms with Crippen LogP contribution >= 0.6 is 11.6 Å². The van der Waals surface area contributed by atoms with Gasteiger partial charge in [0.2, 0.25) is 5.91 Å². The summed E-state index contributed by atoms with van der Waals surface area (Å²) in [5.41, 5.74) is 5.86. The minimum atomic E-state index is -0.197. The molecule has 0 aliphatic carbocycles. The lowest BCUT2D eigenvalue weighted by Gasteiger charge is -2.32. The third-order valence-electron chi connectivity index (χ3n) is 3.92. The van der Waals surface area contributed by atoms with Crippen molar-refractivity contribution < 1.29 is 14.3 Å². The number of benzene rings is 1. The molecule has 1 aromatic carbocycles. The van der Waals surface area contributed by atoms with Crippen LogP contribution in [0, 0.1) is 5.92 Å². The van der Waals surface area contributed by atoms with Gasteiger partial charge in [-0.2, -0.15) is 0 Å². The highest BCUT2D eigenvalue weighted by molar-refractivity contribution is 6.30. The van der Waals surface area contributed by atoms with Crippen LogP contribution in [0.5, 0.6) is 5.75 Å². The molecule has 3 N–H and O–H groups in total. The zero-order valence-corrected chi connectivity index (χ0v) is 13.9. The van der Waals surface area contributed by atoms with Crippen LogP contribution in [0.25, 0.3) is 0 Å². The largest absolute Gasteiger partial charge is 0.496 e. The first-order valence-corrected chi connectivity index (χ1v) is 8.05. The van der Waals surface area contributed by atoms with E-state index in [1.165, 1.54) is 7.11 Å². The topological polar surface area (TPSA) is 84.7 Å². The van der Waals surface area contributed by atoms with Gasteiger partial charge in [0.15, 0.2) is 0 Å². The smallest absolute Gasteiger partial charge is 0.257 e. The minimum absolute atomic E-state index is 0.0454. The number of rotatable bonds is 5. The van der Waals surface area contributed by atoms with E-state index in [4.69, 9.17) is 22.1 Å². The molecule has 1 fully saturated rings. The number of carbonyl (C=O) groups excluding carboxylic acids is 2. The number of methoxy groups -OCH3 is 1. The standard InChI is InChI=1S/C16H22ClN3O3/c1-23-14-9-12(17)4-5-13(14)16(22)20-8-2-3-11(10-20)15(21)19-7-6-18/h4-5,9,11H,2-3,6-8,10,18H2,1H3,(H,19,21). The van der Waals surface area contributed by atoms with E-state index in [1.807, 2.05) is 0 Å². The Bertz CT molecular complexity index is 580. The number of likely N-dealkylation sites (tertiary alicyclic amines) is 1. The van der Waals surface area contributed by atoms with Crippen LogP contribution in [0.1, 0.15) is 23.2 Å². The fourth-order valence-corrected chi connectivity index (χ4v) is 2.89. The Morgan fingerprint density at radius 2 is 2.26 bits per heavy atom. The number of hydrogen-bond acceptors (Lipinski definition) is 4. The molecule has 1 unspecified atom stereocenters. The van der Waals surface area contributed by atoms with Crippen LogP contribution in [0.2, 0.25) is 5.02 Å². The van der Waals surface area contributed by atoms with Crippen molar-refractivity contribution >= 4 is 23.4 Å². The van der Waals surface area contributed by atoms with Crippen molar-refractivity contribution in [3.8, 4) is 5.75 Å². The van der Waals surface area contributed by atoms with Crippen LogP contribution in [0.15, 0.2) is 18.2 Å². The molecule has 0 radical (unpaired) electrons. The Labute approximate surface area is 140 Å². The zero-order valence-electron chi connectivity index (χ0n) is 13.2. The summed E-state index contributed by atoms with van der Waals surface area (Å²) in [6.07, 6.45) is 1.57. The predicted octanol–water partition coefficient (Wildman–Crippen LogP) is 1.28. The van der Waals surface area contributed by atoms with Gasteiger partial charge in [0.25, 0.3) is 5.91 Å². The summed E-state index contributed by atoms with van der Waals surface area (Å²) in [6, 6.07) is 4.93. The van der Waals surface area contributed by atoms with Crippen molar-refractivity contribution in [1.82, 2.24) is 10.2 Å². The molecule has 2 rings (SSSR count). The van der Waals surface area contributed by atoms with Crippen molar-refractivity contribution in [2.75, 3.05) is 33.3 Å². The molecule has 23 heavy (non-hydrogen) atoms. The van der Waals surface area contributed by atoms with Gasteiger partial charge in [-0.05, 0) is 31.0 Å². The summed E-state index contributed by atoms with van der Waals surface area (Å²) < 4.78 is 5.24. The third kappa shape index (κ3) is 4.36. The molecule has 126 valence electrons. The van der Waals surface area contributed by atoms with E-state index >= 15 is 0 Å². The molecule has 1 aromatic rings. The summed E-state index contributed by atoms with van der Waals surface area (Å²) in [5.74, 6) is 0.0561. The number of carbonyl (C=O) groups is 2. The number of hydrogen-bond donors (Lipinski definition) is 2. The van der Waals surface area contributed by atoms with Gasteiger partial charge in [0, 0.05) is 31.2 Å². The maximum absolute atomic E-state index is 12.7. The number of nitrogens with one attached hydrogen (secondary N) is 1. The van der Waals surface area contributed by atoms with Gasteiger partial charge in [-0.15, -0.1) is 0 Å². The van der Waals surface area contributed by atoms with Crippen molar-refractivity contribution in [3.05, 3.63) is 28.8 Å². The van der Waals surface area contributed by atoms with Crippen LogP contribution in [0.4, 0.5) is 0 Å². The van der Waals surface area contributed by atoms with Crippen molar-refractivity contribution in [2.45, 2.75) is 12.8 Å². The molecular formula is C16H22ClN3O3. The van der Waals surface area contributed by atoms with Crippen LogP contribution in [0.3, 0.4) is 0 Å². The van der Waals surface area contributed by atoms with Gasteiger partial charge in [0.1, 0.15) is 5.75 Å². The second kappa shape index (κ2) is 8.17. The van der Waals surface area contributed by atoms with E-state index in [2.05, 4.69) is 5.32 Å². The maximum Gasteiger partial charge on any atom is 0.257 e. The van der Waals surface area contributed by atoms with Gasteiger partial charge in [-0.3, -0.25) is 9.59 Å². The highest BCUT2D eigenvalue weighted by atomic mass is 35.5. The molecule has 0 bridgehead atoms. The van der Waals surface area contributed by atoms with Crippen molar-refractivity contribution in [2.24, 2.45) is 11.7 Å². The number of nitrogens with zero attached hydrogens (tertiary/aromatic N) is 1. The van der Waals surface area contributed by atoms with Crippen molar-refractivity contribution in [3.63, 3.8) is 0 Å². The number of piperidine rings is 1. The van der Waals surface area contributed by atoms with Crippen LogP contribution in [-0.2, 0) is 4.79 Å². The molecule has 1 aliphatic rings. The summed E-state index contributed by atoms with van der Waals surface area (Å²) in [4.78, 5) is 26.5. The third-order valence-corrected chi connectivity index (χ3v) is 4.15. The molecule has 0 saturated carbocycles. The lowest BCUT2D eigenvalue weighted by molar-refractivity contribution is -0.126. The van der Waals surface area contributed by atoms with E-state index in [9.17, 15) is 9.59 Å². The molecule has 1 heterocycles. The summed E-state index contributed by atoms with van der Waals surface area (Å²) >= 11 is 5.93. The molecule has 1 atom stereocenters. The van der Waals surface area contributed by atoms with Gasteiger partial charge in [0.05, 0.1) is 18.6 Å². The molecular weight excluding hydrogens is 318 g/mol. The Balaban J connectivity index is 2.09. The minimum Gasteiger partial charge on any atom is -0.496 e. The lowest BCUT2D eigenvalue weighted by Crippen LogP contribution is -2.46. The van der Waals surface area contributed by atoms with E-state index in [0.29, 0.717) is 42.5 Å². The number of amides is 2. The predicted molar refractivity (Wildman–Crippen MR) is 88.7 cm³/mol. The molecule has 1 aliphatic heterocycles. The fraction of sp³-hybridized carbons (Fsp3) is 0.500. The quantitative estimate of drug-likeness (QED) is 0.846. The number of halogens is 1. The normalized spacial score (nSPS) is 17.7. The van der Waals surface area contributed by atoms with Crippen LogP contribution in [-0.4, -0.2) is 50.0 Å². The average molecular weight is 340 g/mol. The second-order valence-electron chi connectivity index (χ2n) is 5.51. The Morgan fingerprint density at radius 3 is 2.96 bits per heavy atom. The second-order valence-corrected chi connectivity index (χ2v) is 5.95. The average Bonchev–Trinajstić information content (AvgIpc) is 2.59. The SMILES string of the molecule is COc1cc(Cl)ccc1C(=O)N1CCCC(C(=O)NCCN)C1. The molecule has 1 saturated heterocycles. The van der Waals surface area contributed by atoms with Gasteiger partial charge in [-0.1, -0.05) is 11.6 Å². The highest BCUT2D eigenvalue weighted by Crippen LogP contribution is 2.26. The highest BCUT2D eigenvalue weighted by Gasteiger charge is 2.29. The van der Waals surface area contributed by atoms with E-state index in [1.54, 1.807) is 23.1 Å².